The van der Waals surface area contributed by atoms with Gasteiger partial charge in [-0.15, -0.1) is 0 Å². The van der Waals surface area contributed by atoms with Gasteiger partial charge in [-0.1, -0.05) is 6.58 Å². The minimum absolute atomic E-state index is 0.392. The molecule has 0 bridgehead atoms. The van der Waals surface area contributed by atoms with Gasteiger partial charge >= 0.3 is 5.97 Å². The SMILES string of the molecule is C=C(C)COc1c(Br)cc(/C=C/C(=O)O)cc1OCC. The molecule has 1 aromatic rings. The Morgan fingerprint density at radius 2 is 2.15 bits per heavy atom. The third-order valence-corrected chi connectivity index (χ3v) is 2.80. The third kappa shape index (κ3) is 5.09. The van der Waals surface area contributed by atoms with Crippen LogP contribution >= 0.6 is 15.9 Å². The highest BCUT2D eigenvalue weighted by Crippen LogP contribution is 2.37. The maximum Gasteiger partial charge on any atom is 0.328 e. The van der Waals surface area contributed by atoms with Gasteiger partial charge < -0.3 is 14.6 Å². The first-order chi connectivity index (χ1) is 9.43. The highest BCUT2D eigenvalue weighted by atomic mass is 79.9. The summed E-state index contributed by atoms with van der Waals surface area (Å²) in [5.74, 6) is 0.150. The van der Waals surface area contributed by atoms with Crippen molar-refractivity contribution in [3.8, 4) is 11.5 Å². The quantitative estimate of drug-likeness (QED) is 0.604. The molecule has 0 unspecified atom stereocenters. The fourth-order valence-electron chi connectivity index (χ4n) is 1.45. The van der Waals surface area contributed by atoms with Gasteiger partial charge in [0.2, 0.25) is 0 Å². The highest BCUT2D eigenvalue weighted by Gasteiger charge is 2.11. The summed E-state index contributed by atoms with van der Waals surface area (Å²) in [4.78, 5) is 10.5. The molecule has 0 saturated heterocycles. The molecule has 0 spiro atoms. The number of aliphatic carboxylic acids is 1. The van der Waals surface area contributed by atoms with Crippen molar-refractivity contribution in [2.75, 3.05) is 13.2 Å². The summed E-state index contributed by atoms with van der Waals surface area (Å²) in [6.45, 7) is 8.41. The van der Waals surface area contributed by atoms with Crippen molar-refractivity contribution in [2.45, 2.75) is 13.8 Å². The van der Waals surface area contributed by atoms with Crippen molar-refractivity contribution in [1.29, 1.82) is 0 Å². The van der Waals surface area contributed by atoms with Crippen LogP contribution in [-0.2, 0) is 4.79 Å². The van der Waals surface area contributed by atoms with Crippen molar-refractivity contribution < 1.29 is 19.4 Å². The van der Waals surface area contributed by atoms with E-state index in [4.69, 9.17) is 14.6 Å². The van der Waals surface area contributed by atoms with Gasteiger partial charge in [0.05, 0.1) is 11.1 Å². The first kappa shape index (κ1) is 16.3. The van der Waals surface area contributed by atoms with Crippen LogP contribution < -0.4 is 9.47 Å². The van der Waals surface area contributed by atoms with Crippen LogP contribution in [0.2, 0.25) is 0 Å². The van der Waals surface area contributed by atoms with Gasteiger partial charge in [0.15, 0.2) is 11.5 Å². The highest BCUT2D eigenvalue weighted by molar-refractivity contribution is 9.10. The lowest BCUT2D eigenvalue weighted by Gasteiger charge is -2.14. The number of carboxylic acids is 1. The molecule has 1 N–H and O–H groups in total. The lowest BCUT2D eigenvalue weighted by molar-refractivity contribution is -0.131. The molecule has 0 aliphatic rings. The summed E-state index contributed by atoms with van der Waals surface area (Å²) < 4.78 is 11.9. The number of ether oxygens (including phenoxy) is 2. The fraction of sp³-hybridized carbons (Fsp3) is 0.267. The molecule has 108 valence electrons. The van der Waals surface area contributed by atoms with Crippen molar-refractivity contribution in [3.05, 3.63) is 40.4 Å². The van der Waals surface area contributed by atoms with E-state index in [1.165, 1.54) is 6.08 Å². The van der Waals surface area contributed by atoms with E-state index in [1.807, 2.05) is 13.8 Å². The molecule has 4 nitrogen and oxygen atoms in total. The maximum absolute atomic E-state index is 10.5. The molecular weight excluding hydrogens is 324 g/mol. The Bertz CT molecular complexity index is 535. The predicted octanol–water partition coefficient (Wildman–Crippen LogP) is 3.90. The second-order valence-electron chi connectivity index (χ2n) is 4.18. The topological polar surface area (TPSA) is 55.8 Å². The van der Waals surface area contributed by atoms with Crippen molar-refractivity contribution in [2.24, 2.45) is 0 Å². The molecule has 0 radical (unpaired) electrons. The Labute approximate surface area is 126 Å². The molecule has 0 saturated carbocycles. The van der Waals surface area contributed by atoms with Crippen LogP contribution in [0.3, 0.4) is 0 Å². The van der Waals surface area contributed by atoms with Crippen molar-refractivity contribution in [3.63, 3.8) is 0 Å². The number of carbonyl (C=O) groups is 1. The summed E-state index contributed by atoms with van der Waals surface area (Å²) in [5, 5.41) is 8.65. The summed E-state index contributed by atoms with van der Waals surface area (Å²) in [5.41, 5.74) is 1.61. The minimum Gasteiger partial charge on any atom is -0.490 e. The lowest BCUT2D eigenvalue weighted by Crippen LogP contribution is -2.02. The molecule has 20 heavy (non-hydrogen) atoms. The molecule has 0 heterocycles. The second kappa shape index (κ2) is 7.75. The second-order valence-corrected chi connectivity index (χ2v) is 5.03. The lowest BCUT2D eigenvalue weighted by atomic mass is 10.2. The van der Waals surface area contributed by atoms with E-state index in [9.17, 15) is 4.79 Å². The summed E-state index contributed by atoms with van der Waals surface area (Å²) in [6.07, 6.45) is 2.57. The monoisotopic (exact) mass is 340 g/mol. The maximum atomic E-state index is 10.5. The van der Waals surface area contributed by atoms with Crippen LogP contribution in [0.5, 0.6) is 11.5 Å². The normalized spacial score (nSPS) is 10.6. The number of halogens is 1. The Morgan fingerprint density at radius 3 is 2.70 bits per heavy atom. The van der Waals surface area contributed by atoms with E-state index in [0.717, 1.165) is 11.6 Å². The molecule has 0 atom stereocenters. The summed E-state index contributed by atoms with van der Waals surface area (Å²) in [7, 11) is 0. The molecule has 0 aliphatic heterocycles. The third-order valence-electron chi connectivity index (χ3n) is 2.21. The van der Waals surface area contributed by atoms with Crippen LogP contribution in [0, 0.1) is 0 Å². The first-order valence-corrected chi connectivity index (χ1v) is 6.87. The molecule has 0 aliphatic carbocycles. The molecule has 1 aromatic carbocycles. The van der Waals surface area contributed by atoms with E-state index in [0.29, 0.717) is 34.7 Å². The smallest absolute Gasteiger partial charge is 0.328 e. The average Bonchev–Trinajstić information content (AvgIpc) is 2.35. The Hall–Kier alpha value is -1.75. The predicted molar refractivity (Wildman–Crippen MR) is 82.3 cm³/mol. The molecular formula is C15H17BrO4. The Morgan fingerprint density at radius 1 is 1.45 bits per heavy atom. The molecule has 0 aromatic heterocycles. The number of benzene rings is 1. The van der Waals surface area contributed by atoms with Gasteiger partial charge in [-0.2, -0.15) is 0 Å². The number of carboxylic acid groups (broad SMARTS) is 1. The van der Waals surface area contributed by atoms with E-state index in [-0.39, 0.29) is 0 Å². The van der Waals surface area contributed by atoms with Gasteiger partial charge in [0, 0.05) is 6.08 Å². The Kier molecular flexibility index (Phi) is 6.31. The van der Waals surface area contributed by atoms with Crippen LogP contribution in [-0.4, -0.2) is 24.3 Å². The fourth-order valence-corrected chi connectivity index (χ4v) is 2.02. The zero-order valence-corrected chi connectivity index (χ0v) is 13.1. The van der Waals surface area contributed by atoms with Gasteiger partial charge in [-0.05, 0) is 59.1 Å². The largest absolute Gasteiger partial charge is 0.490 e. The zero-order chi connectivity index (χ0) is 15.1. The van der Waals surface area contributed by atoms with E-state index >= 15 is 0 Å². The van der Waals surface area contributed by atoms with Gasteiger partial charge in [0.25, 0.3) is 0 Å². The molecule has 5 heteroatoms. The molecule has 1 rings (SSSR count). The average molecular weight is 341 g/mol. The number of hydrogen-bond donors (Lipinski definition) is 1. The summed E-state index contributed by atoms with van der Waals surface area (Å²) in [6, 6.07) is 3.51. The minimum atomic E-state index is -0.998. The van der Waals surface area contributed by atoms with Crippen LogP contribution in [0.25, 0.3) is 6.08 Å². The first-order valence-electron chi connectivity index (χ1n) is 6.08. The Balaban J connectivity index is 3.10. The number of rotatable bonds is 7. The van der Waals surface area contributed by atoms with Gasteiger partial charge in [-0.25, -0.2) is 4.79 Å². The van der Waals surface area contributed by atoms with E-state index < -0.39 is 5.97 Å². The molecule has 0 fully saturated rings. The van der Waals surface area contributed by atoms with Crippen molar-refractivity contribution >= 4 is 28.0 Å². The van der Waals surface area contributed by atoms with Crippen LogP contribution in [0.15, 0.2) is 34.8 Å². The number of hydrogen-bond acceptors (Lipinski definition) is 3. The van der Waals surface area contributed by atoms with Gasteiger partial charge in [-0.3, -0.25) is 0 Å². The van der Waals surface area contributed by atoms with Crippen LogP contribution in [0.4, 0.5) is 0 Å². The standard InChI is InChI=1S/C15H17BrO4/c1-4-19-13-8-11(5-6-14(17)18)7-12(16)15(13)20-9-10(2)3/h5-8H,2,4,9H2,1,3H3,(H,17,18)/b6-5+. The van der Waals surface area contributed by atoms with Crippen molar-refractivity contribution in [1.82, 2.24) is 0 Å². The van der Waals surface area contributed by atoms with Crippen LogP contribution in [0.1, 0.15) is 19.4 Å². The molecule has 0 amide bonds. The van der Waals surface area contributed by atoms with Gasteiger partial charge in [0.1, 0.15) is 6.61 Å². The van der Waals surface area contributed by atoms with E-state index in [1.54, 1.807) is 12.1 Å². The zero-order valence-electron chi connectivity index (χ0n) is 11.5. The van der Waals surface area contributed by atoms with E-state index in [2.05, 4.69) is 22.5 Å². The summed E-state index contributed by atoms with van der Waals surface area (Å²) >= 11 is 3.41.